The molecule has 0 amide bonds. The van der Waals surface area contributed by atoms with Crippen molar-refractivity contribution >= 4 is 17.4 Å². The highest BCUT2D eigenvalue weighted by molar-refractivity contribution is 8.03. The summed E-state index contributed by atoms with van der Waals surface area (Å²) in [5.74, 6) is 0. The lowest BCUT2D eigenvalue weighted by molar-refractivity contribution is 1.35. The number of hydrogen-bond acceptors (Lipinski definition) is 2. The molecule has 14 heavy (non-hydrogen) atoms. The molecule has 1 aromatic rings. The highest BCUT2D eigenvalue weighted by Crippen LogP contribution is 2.39. The smallest absolute Gasteiger partial charge is 0.0526 e. The molecule has 0 aliphatic carbocycles. The third kappa shape index (κ3) is 1.49. The zero-order valence-electron chi connectivity index (χ0n) is 7.79. The minimum Gasteiger partial charge on any atom is -0.354 e. The number of para-hydroxylation sites is 1. The fourth-order valence-corrected chi connectivity index (χ4v) is 2.28. The van der Waals surface area contributed by atoms with Crippen molar-refractivity contribution in [2.45, 2.75) is 4.90 Å². The molecule has 0 atom stereocenters. The van der Waals surface area contributed by atoms with Gasteiger partial charge in [0.25, 0.3) is 0 Å². The SMILES string of the molecule is C=CC1=C(C=C)Sc2ccccc2N1. The molecule has 2 rings (SSSR count). The second-order valence-corrected chi connectivity index (χ2v) is 3.99. The fourth-order valence-electron chi connectivity index (χ4n) is 1.34. The normalized spacial score (nSPS) is 14.3. The second-order valence-electron chi connectivity index (χ2n) is 2.91. The van der Waals surface area contributed by atoms with Gasteiger partial charge in [0.05, 0.1) is 11.4 Å². The van der Waals surface area contributed by atoms with E-state index in [4.69, 9.17) is 0 Å². The zero-order chi connectivity index (χ0) is 9.97. The van der Waals surface area contributed by atoms with Gasteiger partial charge in [0.2, 0.25) is 0 Å². The van der Waals surface area contributed by atoms with Gasteiger partial charge in [0.15, 0.2) is 0 Å². The van der Waals surface area contributed by atoms with Crippen LogP contribution in [0.2, 0.25) is 0 Å². The molecule has 0 saturated carbocycles. The molecule has 0 unspecified atom stereocenters. The standard InChI is InChI=1S/C12H11NS/c1-3-9-11(4-2)14-12-8-6-5-7-10(12)13-9/h3-8,13H,1-2H2. The Morgan fingerprint density at radius 1 is 1.14 bits per heavy atom. The summed E-state index contributed by atoms with van der Waals surface area (Å²) in [7, 11) is 0. The van der Waals surface area contributed by atoms with E-state index in [0.717, 1.165) is 16.3 Å². The maximum absolute atomic E-state index is 3.79. The third-order valence-corrected chi connectivity index (χ3v) is 3.21. The van der Waals surface area contributed by atoms with Crippen LogP contribution in [0.5, 0.6) is 0 Å². The number of fused-ring (bicyclic) bond motifs is 1. The number of thioether (sulfide) groups is 1. The van der Waals surface area contributed by atoms with E-state index in [2.05, 4.69) is 30.6 Å². The van der Waals surface area contributed by atoms with Crippen LogP contribution in [-0.2, 0) is 0 Å². The van der Waals surface area contributed by atoms with Gasteiger partial charge in [-0.1, -0.05) is 43.1 Å². The minimum absolute atomic E-state index is 1.03. The summed E-state index contributed by atoms with van der Waals surface area (Å²) in [6, 6.07) is 8.21. The van der Waals surface area contributed by atoms with Crippen molar-refractivity contribution in [1.29, 1.82) is 0 Å². The molecular formula is C12H11NS. The Morgan fingerprint density at radius 3 is 2.64 bits per heavy atom. The number of anilines is 1. The van der Waals surface area contributed by atoms with Gasteiger partial charge in [-0.2, -0.15) is 0 Å². The van der Waals surface area contributed by atoms with E-state index in [-0.39, 0.29) is 0 Å². The lowest BCUT2D eigenvalue weighted by Crippen LogP contribution is -2.04. The van der Waals surface area contributed by atoms with Gasteiger partial charge in [-0.25, -0.2) is 0 Å². The molecule has 1 aliphatic rings. The maximum atomic E-state index is 3.79. The molecule has 1 N–H and O–H groups in total. The third-order valence-electron chi connectivity index (χ3n) is 2.03. The van der Waals surface area contributed by atoms with Crippen LogP contribution in [0, 0.1) is 0 Å². The van der Waals surface area contributed by atoms with Crippen molar-refractivity contribution in [2.24, 2.45) is 0 Å². The molecule has 1 aromatic carbocycles. The molecular weight excluding hydrogens is 190 g/mol. The molecule has 0 bridgehead atoms. The average Bonchev–Trinajstić information content (AvgIpc) is 2.27. The second kappa shape index (κ2) is 3.76. The lowest BCUT2D eigenvalue weighted by Gasteiger charge is -2.20. The maximum Gasteiger partial charge on any atom is 0.0526 e. The Kier molecular flexibility index (Phi) is 2.46. The van der Waals surface area contributed by atoms with Gasteiger partial charge in [0.1, 0.15) is 0 Å². The first-order valence-corrected chi connectivity index (χ1v) is 5.20. The molecule has 1 nitrogen and oxygen atoms in total. The van der Waals surface area contributed by atoms with Crippen molar-refractivity contribution in [3.05, 3.63) is 60.2 Å². The first-order valence-electron chi connectivity index (χ1n) is 4.38. The monoisotopic (exact) mass is 201 g/mol. The quantitative estimate of drug-likeness (QED) is 0.781. The predicted octanol–water partition coefficient (Wildman–Crippen LogP) is 3.79. The van der Waals surface area contributed by atoms with Gasteiger partial charge >= 0.3 is 0 Å². The Balaban J connectivity index is 2.45. The summed E-state index contributed by atoms with van der Waals surface area (Å²) in [5.41, 5.74) is 2.17. The van der Waals surface area contributed by atoms with Crippen molar-refractivity contribution in [3.8, 4) is 0 Å². The molecule has 2 heteroatoms. The minimum atomic E-state index is 1.03. The number of allylic oxidation sites excluding steroid dienone is 2. The molecule has 0 spiro atoms. The Hall–Kier alpha value is -1.41. The van der Waals surface area contributed by atoms with Crippen LogP contribution in [0.25, 0.3) is 0 Å². The Labute approximate surface area is 88.2 Å². The molecule has 0 fully saturated rings. The molecule has 1 aliphatic heterocycles. The van der Waals surface area contributed by atoms with Crippen LogP contribution in [0.15, 0.2) is 65.1 Å². The summed E-state index contributed by atoms with van der Waals surface area (Å²) in [5, 5.41) is 3.32. The van der Waals surface area contributed by atoms with E-state index in [0.29, 0.717) is 0 Å². The van der Waals surface area contributed by atoms with Crippen LogP contribution in [0.4, 0.5) is 5.69 Å². The van der Waals surface area contributed by atoms with E-state index in [1.165, 1.54) is 4.90 Å². The summed E-state index contributed by atoms with van der Waals surface area (Å²) in [4.78, 5) is 2.35. The summed E-state index contributed by atoms with van der Waals surface area (Å²) >= 11 is 1.72. The molecule has 0 radical (unpaired) electrons. The highest BCUT2D eigenvalue weighted by atomic mass is 32.2. The van der Waals surface area contributed by atoms with Gasteiger partial charge in [-0.15, -0.1) is 0 Å². The molecule has 70 valence electrons. The Morgan fingerprint density at radius 2 is 1.93 bits per heavy atom. The number of nitrogens with one attached hydrogen (secondary N) is 1. The number of benzene rings is 1. The first kappa shape index (κ1) is 9.16. The lowest BCUT2D eigenvalue weighted by atomic mass is 10.3. The van der Waals surface area contributed by atoms with E-state index < -0.39 is 0 Å². The van der Waals surface area contributed by atoms with Gasteiger partial charge in [-0.3, -0.25) is 0 Å². The van der Waals surface area contributed by atoms with Gasteiger partial charge < -0.3 is 5.32 Å². The summed E-state index contributed by atoms with van der Waals surface area (Å²) in [6.45, 7) is 7.56. The number of rotatable bonds is 2. The van der Waals surface area contributed by atoms with Crippen molar-refractivity contribution in [3.63, 3.8) is 0 Å². The van der Waals surface area contributed by atoms with Crippen LogP contribution >= 0.6 is 11.8 Å². The molecule has 1 heterocycles. The Bertz CT molecular complexity index is 379. The van der Waals surface area contributed by atoms with Crippen molar-refractivity contribution in [2.75, 3.05) is 5.32 Å². The molecule has 0 saturated heterocycles. The summed E-state index contributed by atoms with van der Waals surface area (Å²) < 4.78 is 0. The largest absolute Gasteiger partial charge is 0.354 e. The van der Waals surface area contributed by atoms with Crippen LogP contribution < -0.4 is 5.32 Å². The van der Waals surface area contributed by atoms with Gasteiger partial charge in [-0.05, 0) is 18.2 Å². The summed E-state index contributed by atoms with van der Waals surface area (Å²) in [6.07, 6.45) is 3.67. The fraction of sp³-hybridized carbons (Fsp3) is 0. The van der Waals surface area contributed by atoms with Crippen LogP contribution in [0.3, 0.4) is 0 Å². The van der Waals surface area contributed by atoms with Gasteiger partial charge in [0, 0.05) is 9.80 Å². The van der Waals surface area contributed by atoms with Crippen LogP contribution in [-0.4, -0.2) is 0 Å². The van der Waals surface area contributed by atoms with Crippen LogP contribution in [0.1, 0.15) is 0 Å². The zero-order valence-corrected chi connectivity index (χ0v) is 8.60. The van der Waals surface area contributed by atoms with Crippen molar-refractivity contribution < 1.29 is 0 Å². The average molecular weight is 201 g/mol. The first-order chi connectivity index (χ1) is 6.85. The van der Waals surface area contributed by atoms with E-state index >= 15 is 0 Å². The highest BCUT2D eigenvalue weighted by Gasteiger charge is 2.13. The topological polar surface area (TPSA) is 12.0 Å². The van der Waals surface area contributed by atoms with E-state index in [9.17, 15) is 0 Å². The molecule has 0 aromatic heterocycles. The number of hydrogen-bond donors (Lipinski definition) is 1. The van der Waals surface area contributed by atoms with E-state index in [1.54, 1.807) is 11.8 Å². The van der Waals surface area contributed by atoms with Crippen molar-refractivity contribution in [1.82, 2.24) is 0 Å². The predicted molar refractivity (Wildman–Crippen MR) is 63.3 cm³/mol. The van der Waals surface area contributed by atoms with E-state index in [1.807, 2.05) is 24.3 Å².